The Balaban J connectivity index is 2.67. The molecule has 0 saturated heterocycles. The van der Waals surface area contributed by atoms with E-state index in [2.05, 4.69) is 4.98 Å². The van der Waals surface area contributed by atoms with E-state index >= 15 is 0 Å². The monoisotopic (exact) mass is 204 g/mol. The highest BCUT2D eigenvalue weighted by Crippen LogP contribution is 2.12. The van der Waals surface area contributed by atoms with Crippen LogP contribution < -0.4 is 5.73 Å². The van der Waals surface area contributed by atoms with Crippen molar-refractivity contribution in [2.45, 2.75) is 6.61 Å². The van der Waals surface area contributed by atoms with E-state index in [-0.39, 0.29) is 5.84 Å². The maximum Gasteiger partial charge on any atom is 0.144 e. The molecule has 5 heteroatoms. The number of aromatic nitrogens is 2. The Morgan fingerprint density at radius 3 is 3.07 bits per heavy atom. The second-order valence-electron chi connectivity index (χ2n) is 3.18. The third-order valence-corrected chi connectivity index (χ3v) is 2.15. The average Bonchev–Trinajstić information content (AvgIpc) is 2.59. The molecular weight excluding hydrogens is 192 g/mol. The van der Waals surface area contributed by atoms with Gasteiger partial charge < -0.3 is 14.9 Å². The summed E-state index contributed by atoms with van der Waals surface area (Å²) in [6.45, 7) is 0.401. The second kappa shape index (κ2) is 3.70. The van der Waals surface area contributed by atoms with Crippen LogP contribution in [0, 0.1) is 5.41 Å². The van der Waals surface area contributed by atoms with Crippen molar-refractivity contribution in [1.29, 1.82) is 5.41 Å². The zero-order chi connectivity index (χ0) is 10.8. The molecule has 0 spiro atoms. The number of nitrogen functional groups attached to an aromatic ring is 1. The summed E-state index contributed by atoms with van der Waals surface area (Å²) in [5.41, 5.74) is 6.79. The molecule has 15 heavy (non-hydrogen) atoms. The van der Waals surface area contributed by atoms with Crippen LogP contribution >= 0.6 is 0 Å². The fourth-order valence-electron chi connectivity index (χ4n) is 1.53. The average molecular weight is 204 g/mol. The van der Waals surface area contributed by atoms with E-state index < -0.39 is 0 Å². The van der Waals surface area contributed by atoms with Crippen LogP contribution in [0.3, 0.4) is 0 Å². The quantitative estimate of drug-likeness (QED) is 0.572. The highest BCUT2D eigenvalue weighted by atomic mass is 16.5. The van der Waals surface area contributed by atoms with Crippen LogP contribution in [0.4, 0.5) is 0 Å². The molecule has 0 radical (unpaired) electrons. The lowest BCUT2D eigenvalue weighted by Gasteiger charge is -1.98. The van der Waals surface area contributed by atoms with Gasteiger partial charge in [0, 0.05) is 13.3 Å². The van der Waals surface area contributed by atoms with Crippen LogP contribution in [0.25, 0.3) is 5.52 Å². The number of amidine groups is 1. The van der Waals surface area contributed by atoms with Crippen molar-refractivity contribution in [3.8, 4) is 0 Å². The number of hydrogen-bond donors (Lipinski definition) is 2. The normalized spacial score (nSPS) is 10.7. The Morgan fingerprint density at radius 1 is 1.60 bits per heavy atom. The van der Waals surface area contributed by atoms with Crippen molar-refractivity contribution in [2.75, 3.05) is 7.11 Å². The van der Waals surface area contributed by atoms with E-state index in [0.29, 0.717) is 12.3 Å². The van der Waals surface area contributed by atoms with E-state index in [1.165, 1.54) is 0 Å². The largest absolute Gasteiger partial charge is 0.382 e. The van der Waals surface area contributed by atoms with Crippen molar-refractivity contribution in [2.24, 2.45) is 5.73 Å². The lowest BCUT2D eigenvalue weighted by atomic mass is 10.3. The minimum atomic E-state index is -0.0268. The molecule has 2 rings (SSSR count). The Bertz CT molecular complexity index is 503. The fourth-order valence-corrected chi connectivity index (χ4v) is 1.53. The van der Waals surface area contributed by atoms with Gasteiger partial charge in [0.2, 0.25) is 0 Å². The Kier molecular flexibility index (Phi) is 2.39. The van der Waals surface area contributed by atoms with E-state index in [1.54, 1.807) is 7.11 Å². The summed E-state index contributed by atoms with van der Waals surface area (Å²) in [6.07, 6.45) is 1.88. The van der Waals surface area contributed by atoms with Crippen LogP contribution in [-0.2, 0) is 11.3 Å². The summed E-state index contributed by atoms with van der Waals surface area (Å²) in [7, 11) is 1.61. The molecule has 0 aliphatic carbocycles. The van der Waals surface area contributed by atoms with Crippen molar-refractivity contribution >= 4 is 11.4 Å². The standard InChI is InChI=1S/C10H12N4O/c1-15-6-8-13-9(10(11)12)7-4-2-3-5-14(7)8/h2-5H,6H2,1H3,(H3,11,12). The number of nitrogens with zero attached hydrogens (tertiary/aromatic N) is 2. The SMILES string of the molecule is COCc1nc(C(=N)N)c2ccccn12. The Labute approximate surface area is 87.0 Å². The summed E-state index contributed by atoms with van der Waals surface area (Å²) in [4.78, 5) is 4.27. The number of imidazole rings is 1. The maximum absolute atomic E-state index is 7.42. The third-order valence-electron chi connectivity index (χ3n) is 2.15. The number of pyridine rings is 1. The van der Waals surface area contributed by atoms with Crippen LogP contribution in [0.1, 0.15) is 11.5 Å². The molecule has 0 aliphatic rings. The van der Waals surface area contributed by atoms with E-state index in [4.69, 9.17) is 15.9 Å². The molecule has 2 heterocycles. The van der Waals surface area contributed by atoms with E-state index in [9.17, 15) is 0 Å². The molecule has 0 unspecified atom stereocenters. The highest BCUT2D eigenvalue weighted by molar-refractivity contribution is 5.99. The van der Waals surface area contributed by atoms with Gasteiger partial charge in [-0.25, -0.2) is 4.98 Å². The first-order chi connectivity index (χ1) is 7.24. The number of methoxy groups -OCH3 is 1. The molecule has 2 aromatic heterocycles. The number of ether oxygens (including phenoxy) is 1. The summed E-state index contributed by atoms with van der Waals surface area (Å²) < 4.78 is 6.91. The molecule has 0 atom stereocenters. The van der Waals surface area contributed by atoms with Gasteiger partial charge >= 0.3 is 0 Å². The van der Waals surface area contributed by atoms with Gasteiger partial charge in [-0.05, 0) is 12.1 Å². The predicted molar refractivity (Wildman–Crippen MR) is 56.9 cm³/mol. The number of nitrogens with one attached hydrogen (secondary N) is 1. The molecule has 0 aromatic carbocycles. The van der Waals surface area contributed by atoms with E-state index in [0.717, 1.165) is 11.3 Å². The molecular formula is C10H12N4O. The lowest BCUT2D eigenvalue weighted by molar-refractivity contribution is 0.177. The number of hydrogen-bond acceptors (Lipinski definition) is 3. The second-order valence-corrected chi connectivity index (χ2v) is 3.18. The third kappa shape index (κ3) is 1.57. The van der Waals surface area contributed by atoms with Gasteiger partial charge in [-0.2, -0.15) is 0 Å². The van der Waals surface area contributed by atoms with Gasteiger partial charge in [0.05, 0.1) is 5.52 Å². The van der Waals surface area contributed by atoms with Gasteiger partial charge in [-0.1, -0.05) is 6.07 Å². The Morgan fingerprint density at radius 2 is 2.40 bits per heavy atom. The van der Waals surface area contributed by atoms with Crippen molar-refractivity contribution in [3.63, 3.8) is 0 Å². The van der Waals surface area contributed by atoms with Gasteiger partial charge in [0.1, 0.15) is 24.0 Å². The maximum atomic E-state index is 7.42. The van der Waals surface area contributed by atoms with Crippen LogP contribution in [-0.4, -0.2) is 22.3 Å². The number of rotatable bonds is 3. The van der Waals surface area contributed by atoms with Crippen molar-refractivity contribution in [1.82, 2.24) is 9.38 Å². The summed E-state index contributed by atoms with van der Waals surface area (Å²) in [6, 6.07) is 5.67. The van der Waals surface area contributed by atoms with Crippen LogP contribution in [0.5, 0.6) is 0 Å². The summed E-state index contributed by atoms with van der Waals surface area (Å²) in [5.74, 6) is 0.722. The summed E-state index contributed by atoms with van der Waals surface area (Å²) >= 11 is 0. The lowest BCUT2D eigenvalue weighted by Crippen LogP contribution is -2.12. The van der Waals surface area contributed by atoms with Crippen molar-refractivity contribution in [3.05, 3.63) is 35.9 Å². The number of nitrogens with two attached hydrogens (primary N) is 1. The molecule has 0 amide bonds. The van der Waals surface area contributed by atoms with Gasteiger partial charge in [-0.15, -0.1) is 0 Å². The first-order valence-electron chi connectivity index (χ1n) is 4.53. The highest BCUT2D eigenvalue weighted by Gasteiger charge is 2.11. The van der Waals surface area contributed by atoms with Crippen molar-refractivity contribution < 1.29 is 4.74 Å². The molecule has 3 N–H and O–H groups in total. The van der Waals surface area contributed by atoms with Gasteiger partial charge in [-0.3, -0.25) is 5.41 Å². The van der Waals surface area contributed by atoms with Gasteiger partial charge in [0.15, 0.2) is 0 Å². The van der Waals surface area contributed by atoms with Crippen LogP contribution in [0.2, 0.25) is 0 Å². The fraction of sp³-hybridized carbons (Fsp3) is 0.200. The number of fused-ring (bicyclic) bond motifs is 1. The smallest absolute Gasteiger partial charge is 0.144 e. The zero-order valence-electron chi connectivity index (χ0n) is 8.40. The van der Waals surface area contributed by atoms with E-state index in [1.807, 2.05) is 28.8 Å². The Hall–Kier alpha value is -1.88. The molecule has 0 saturated carbocycles. The van der Waals surface area contributed by atoms with Gasteiger partial charge in [0.25, 0.3) is 0 Å². The molecule has 0 bridgehead atoms. The first-order valence-corrected chi connectivity index (χ1v) is 4.53. The molecule has 78 valence electrons. The van der Waals surface area contributed by atoms with Crippen LogP contribution in [0.15, 0.2) is 24.4 Å². The zero-order valence-corrected chi connectivity index (χ0v) is 8.40. The predicted octanol–water partition coefficient (Wildman–Crippen LogP) is 0.765. The topological polar surface area (TPSA) is 76.4 Å². The minimum Gasteiger partial charge on any atom is -0.382 e. The molecule has 2 aromatic rings. The molecule has 0 aliphatic heterocycles. The summed E-state index contributed by atoms with van der Waals surface area (Å²) in [5, 5.41) is 7.42. The molecule has 0 fully saturated rings. The first kappa shape index (κ1) is 9.67. The minimum absolute atomic E-state index is 0.0268. The molecule has 5 nitrogen and oxygen atoms in total.